The van der Waals surface area contributed by atoms with Crippen molar-refractivity contribution in [3.8, 4) is 11.8 Å². The van der Waals surface area contributed by atoms with Crippen LogP contribution >= 0.6 is 11.3 Å². The van der Waals surface area contributed by atoms with E-state index in [0.717, 1.165) is 22.6 Å². The highest BCUT2D eigenvalue weighted by molar-refractivity contribution is 7.12. The van der Waals surface area contributed by atoms with Gasteiger partial charge in [0.15, 0.2) is 0 Å². The van der Waals surface area contributed by atoms with E-state index in [1.807, 2.05) is 26.0 Å². The van der Waals surface area contributed by atoms with Crippen LogP contribution in [0.4, 0.5) is 0 Å². The van der Waals surface area contributed by atoms with Crippen molar-refractivity contribution in [3.05, 3.63) is 21.9 Å². The average Bonchev–Trinajstić information content (AvgIpc) is 2.83. The Bertz CT molecular complexity index is 438. The van der Waals surface area contributed by atoms with Crippen LogP contribution in [0.15, 0.2) is 12.1 Å². The van der Waals surface area contributed by atoms with Gasteiger partial charge in [0.25, 0.3) is 0 Å². The third kappa shape index (κ3) is 4.52. The fourth-order valence-electron chi connectivity index (χ4n) is 1.64. The molecule has 0 saturated carbocycles. The zero-order valence-electron chi connectivity index (χ0n) is 10.8. The Morgan fingerprint density at radius 1 is 1.44 bits per heavy atom. The molecule has 0 aliphatic carbocycles. The Morgan fingerprint density at radius 2 is 2.17 bits per heavy atom. The summed E-state index contributed by atoms with van der Waals surface area (Å²) in [6.07, 6.45) is 1.75. The number of rotatable bonds is 5. The lowest BCUT2D eigenvalue weighted by atomic mass is 10.0. The maximum Gasteiger partial charge on any atom is 0.223 e. The molecule has 0 aromatic carbocycles. The van der Waals surface area contributed by atoms with Crippen molar-refractivity contribution in [2.45, 2.75) is 33.2 Å². The Kier molecular flexibility index (Phi) is 6.48. The fraction of sp³-hybridized carbons (Fsp3) is 0.500. The van der Waals surface area contributed by atoms with E-state index in [2.05, 4.69) is 17.2 Å². The van der Waals surface area contributed by atoms with Gasteiger partial charge >= 0.3 is 0 Å². The summed E-state index contributed by atoms with van der Waals surface area (Å²) in [7, 11) is 0. The lowest BCUT2D eigenvalue weighted by Gasteiger charge is -2.11. The van der Waals surface area contributed by atoms with E-state index in [4.69, 9.17) is 5.11 Å². The molecule has 1 aromatic heterocycles. The normalized spacial score (nSPS) is 10.0. The summed E-state index contributed by atoms with van der Waals surface area (Å²) in [6, 6.07) is 3.87. The van der Waals surface area contributed by atoms with Crippen LogP contribution in [0.5, 0.6) is 0 Å². The summed E-state index contributed by atoms with van der Waals surface area (Å²) in [5.41, 5.74) is 0. The van der Waals surface area contributed by atoms with Gasteiger partial charge in [-0.25, -0.2) is 0 Å². The van der Waals surface area contributed by atoms with Crippen molar-refractivity contribution in [1.29, 1.82) is 0 Å². The lowest BCUT2D eigenvalue weighted by molar-refractivity contribution is -0.125. The summed E-state index contributed by atoms with van der Waals surface area (Å²) in [6.45, 7) is 4.49. The van der Waals surface area contributed by atoms with E-state index in [0.29, 0.717) is 6.54 Å². The highest BCUT2D eigenvalue weighted by Gasteiger charge is 2.13. The number of aliphatic hydroxyl groups is 1. The molecular weight excluding hydrogens is 246 g/mol. The number of aliphatic hydroxyl groups excluding tert-OH is 1. The fourth-order valence-corrected chi connectivity index (χ4v) is 2.47. The standard InChI is InChI=1S/C14H19NO2S/c1-3-11(4-2)14(17)15-10-13-8-7-12(18-13)6-5-9-16/h7-8,11,16H,3-4,9-10H2,1-2H3,(H,15,17). The third-order valence-electron chi connectivity index (χ3n) is 2.75. The van der Waals surface area contributed by atoms with Gasteiger partial charge in [-0.15, -0.1) is 11.3 Å². The van der Waals surface area contributed by atoms with Gasteiger partial charge in [0, 0.05) is 10.8 Å². The van der Waals surface area contributed by atoms with Crippen LogP contribution in [-0.4, -0.2) is 17.6 Å². The molecule has 18 heavy (non-hydrogen) atoms. The van der Waals surface area contributed by atoms with Gasteiger partial charge in [-0.3, -0.25) is 4.79 Å². The Hall–Kier alpha value is -1.31. The zero-order chi connectivity index (χ0) is 13.4. The summed E-state index contributed by atoms with van der Waals surface area (Å²) >= 11 is 1.54. The molecule has 1 amide bonds. The molecule has 0 aliphatic rings. The molecule has 1 aromatic rings. The molecule has 0 spiro atoms. The van der Waals surface area contributed by atoms with Gasteiger partial charge in [0.05, 0.1) is 11.4 Å². The van der Waals surface area contributed by atoms with Crippen LogP contribution in [0.25, 0.3) is 0 Å². The van der Waals surface area contributed by atoms with Crippen LogP contribution in [0.2, 0.25) is 0 Å². The van der Waals surface area contributed by atoms with Crippen molar-refractivity contribution in [2.24, 2.45) is 5.92 Å². The van der Waals surface area contributed by atoms with Crippen molar-refractivity contribution < 1.29 is 9.90 Å². The minimum absolute atomic E-state index is 0.110. The number of amides is 1. The molecule has 0 radical (unpaired) electrons. The second-order valence-corrected chi connectivity index (χ2v) is 5.13. The molecule has 0 saturated heterocycles. The van der Waals surface area contributed by atoms with Gasteiger partial charge < -0.3 is 10.4 Å². The van der Waals surface area contributed by atoms with E-state index in [1.54, 1.807) is 11.3 Å². The van der Waals surface area contributed by atoms with Crippen molar-refractivity contribution >= 4 is 17.2 Å². The monoisotopic (exact) mass is 265 g/mol. The first-order valence-corrected chi connectivity index (χ1v) is 6.99. The maximum atomic E-state index is 11.8. The van der Waals surface area contributed by atoms with Crippen LogP contribution in [0.3, 0.4) is 0 Å². The highest BCUT2D eigenvalue weighted by Crippen LogP contribution is 2.15. The molecule has 98 valence electrons. The number of nitrogens with one attached hydrogen (secondary N) is 1. The van der Waals surface area contributed by atoms with Gasteiger partial charge in [0.1, 0.15) is 6.61 Å². The lowest BCUT2D eigenvalue weighted by Crippen LogP contribution is -2.29. The number of thiophene rings is 1. The highest BCUT2D eigenvalue weighted by atomic mass is 32.1. The molecule has 1 rings (SSSR count). The van der Waals surface area contributed by atoms with Crippen LogP contribution in [0.1, 0.15) is 36.4 Å². The van der Waals surface area contributed by atoms with Gasteiger partial charge in [0.2, 0.25) is 5.91 Å². The molecule has 0 bridgehead atoms. The van der Waals surface area contributed by atoms with Gasteiger partial charge in [-0.05, 0) is 25.0 Å². The van der Waals surface area contributed by atoms with Gasteiger partial charge in [-0.2, -0.15) is 0 Å². The summed E-state index contributed by atoms with van der Waals surface area (Å²) in [5.74, 6) is 5.69. The maximum absolute atomic E-state index is 11.8. The summed E-state index contributed by atoms with van der Waals surface area (Å²) in [4.78, 5) is 13.8. The Labute approximate surface area is 112 Å². The van der Waals surface area contributed by atoms with E-state index in [1.165, 1.54) is 0 Å². The first-order chi connectivity index (χ1) is 8.71. The van der Waals surface area contributed by atoms with Crippen molar-refractivity contribution in [3.63, 3.8) is 0 Å². The molecule has 3 nitrogen and oxygen atoms in total. The zero-order valence-corrected chi connectivity index (χ0v) is 11.6. The largest absolute Gasteiger partial charge is 0.384 e. The average molecular weight is 265 g/mol. The molecule has 1 heterocycles. The quantitative estimate of drug-likeness (QED) is 0.801. The first-order valence-electron chi connectivity index (χ1n) is 6.17. The van der Waals surface area contributed by atoms with Crippen LogP contribution in [0, 0.1) is 17.8 Å². The van der Waals surface area contributed by atoms with E-state index in [-0.39, 0.29) is 18.4 Å². The molecule has 0 fully saturated rings. The minimum Gasteiger partial charge on any atom is -0.384 e. The second kappa shape index (κ2) is 7.91. The van der Waals surface area contributed by atoms with E-state index < -0.39 is 0 Å². The molecule has 2 N–H and O–H groups in total. The molecule has 0 aliphatic heterocycles. The van der Waals surface area contributed by atoms with E-state index >= 15 is 0 Å². The van der Waals surface area contributed by atoms with Crippen LogP contribution < -0.4 is 5.32 Å². The predicted molar refractivity (Wildman–Crippen MR) is 74.2 cm³/mol. The van der Waals surface area contributed by atoms with Crippen LogP contribution in [-0.2, 0) is 11.3 Å². The summed E-state index contributed by atoms with van der Waals surface area (Å²) in [5, 5.41) is 11.5. The summed E-state index contributed by atoms with van der Waals surface area (Å²) < 4.78 is 0. The van der Waals surface area contributed by atoms with Crippen molar-refractivity contribution in [2.75, 3.05) is 6.61 Å². The third-order valence-corrected chi connectivity index (χ3v) is 3.75. The van der Waals surface area contributed by atoms with Crippen molar-refractivity contribution in [1.82, 2.24) is 5.32 Å². The SMILES string of the molecule is CCC(CC)C(=O)NCc1ccc(C#CCO)s1. The predicted octanol–water partition coefficient (Wildman–Crippen LogP) is 2.14. The minimum atomic E-state index is -0.126. The Morgan fingerprint density at radius 3 is 2.78 bits per heavy atom. The first kappa shape index (κ1) is 14.7. The number of hydrogen-bond acceptors (Lipinski definition) is 3. The second-order valence-electron chi connectivity index (χ2n) is 3.96. The van der Waals surface area contributed by atoms with Gasteiger partial charge in [-0.1, -0.05) is 25.7 Å². The topological polar surface area (TPSA) is 49.3 Å². The number of carbonyl (C=O) groups excluding carboxylic acids is 1. The molecular formula is C14H19NO2S. The molecule has 4 heteroatoms. The molecule has 0 atom stereocenters. The smallest absolute Gasteiger partial charge is 0.223 e. The number of carbonyl (C=O) groups is 1. The number of hydrogen-bond donors (Lipinski definition) is 2. The Balaban J connectivity index is 2.48. The molecule has 0 unspecified atom stereocenters. The van der Waals surface area contributed by atoms with E-state index in [9.17, 15) is 4.79 Å².